The van der Waals surface area contributed by atoms with Crippen molar-refractivity contribution in [1.29, 1.82) is 0 Å². The minimum atomic E-state index is -0.133. The minimum absolute atomic E-state index is 0.133. The summed E-state index contributed by atoms with van der Waals surface area (Å²) in [7, 11) is 0. The maximum atomic E-state index is 13.0. The van der Waals surface area contributed by atoms with Crippen LogP contribution in [-0.4, -0.2) is 5.78 Å². The van der Waals surface area contributed by atoms with E-state index < -0.39 is 0 Å². The Labute approximate surface area is 174 Å². The molecule has 4 rings (SSSR count). The highest BCUT2D eigenvalue weighted by Crippen LogP contribution is 2.27. The van der Waals surface area contributed by atoms with E-state index in [1.54, 1.807) is 72.8 Å². The number of anilines is 2. The number of rotatable bonds is 6. The highest BCUT2D eigenvalue weighted by molar-refractivity contribution is 6.09. The molecule has 5 heteroatoms. The second kappa shape index (κ2) is 8.41. The van der Waals surface area contributed by atoms with Crippen LogP contribution in [0.15, 0.2) is 97.1 Å². The summed E-state index contributed by atoms with van der Waals surface area (Å²) in [6, 6.07) is 28.3. The van der Waals surface area contributed by atoms with Gasteiger partial charge in [-0.05, 0) is 48.5 Å². The molecule has 0 spiro atoms. The van der Waals surface area contributed by atoms with E-state index in [1.807, 2.05) is 24.3 Å². The molecule has 5 nitrogen and oxygen atoms in total. The van der Waals surface area contributed by atoms with Crippen molar-refractivity contribution in [2.24, 2.45) is 0 Å². The quantitative estimate of drug-likeness (QED) is 0.324. The van der Waals surface area contributed by atoms with Crippen LogP contribution in [0.1, 0.15) is 15.9 Å². The summed E-state index contributed by atoms with van der Waals surface area (Å²) >= 11 is 0. The van der Waals surface area contributed by atoms with E-state index in [4.69, 9.17) is 20.9 Å². The molecule has 0 unspecified atom stereocenters. The molecule has 4 N–H and O–H groups in total. The number of nitrogens with two attached hydrogens (primary N) is 2. The van der Waals surface area contributed by atoms with Crippen LogP contribution in [0.5, 0.6) is 23.0 Å². The maximum absolute atomic E-state index is 13.0. The first-order valence-electron chi connectivity index (χ1n) is 9.38. The van der Waals surface area contributed by atoms with Crippen LogP contribution in [0.3, 0.4) is 0 Å². The third kappa shape index (κ3) is 4.59. The molecular formula is C25H20N2O3. The van der Waals surface area contributed by atoms with Gasteiger partial charge in [0.25, 0.3) is 0 Å². The molecule has 0 atom stereocenters. The van der Waals surface area contributed by atoms with Crippen molar-refractivity contribution in [3.8, 4) is 23.0 Å². The smallest absolute Gasteiger partial charge is 0.193 e. The molecule has 0 fully saturated rings. The van der Waals surface area contributed by atoms with Gasteiger partial charge in [0, 0.05) is 34.6 Å². The monoisotopic (exact) mass is 396 g/mol. The van der Waals surface area contributed by atoms with Crippen molar-refractivity contribution in [2.45, 2.75) is 0 Å². The summed E-state index contributed by atoms with van der Waals surface area (Å²) < 4.78 is 11.7. The number of nitrogen functional groups attached to an aromatic ring is 2. The summed E-state index contributed by atoms with van der Waals surface area (Å²) in [6.07, 6.45) is 0. The lowest BCUT2D eigenvalue weighted by molar-refractivity contribution is 0.103. The van der Waals surface area contributed by atoms with Gasteiger partial charge in [-0.15, -0.1) is 0 Å². The molecule has 0 saturated carbocycles. The van der Waals surface area contributed by atoms with Gasteiger partial charge in [0.15, 0.2) is 5.78 Å². The Morgan fingerprint density at radius 2 is 0.900 bits per heavy atom. The average molecular weight is 396 g/mol. The molecule has 30 heavy (non-hydrogen) atoms. The van der Waals surface area contributed by atoms with Crippen molar-refractivity contribution in [2.75, 3.05) is 11.5 Å². The molecule has 0 radical (unpaired) electrons. The normalized spacial score (nSPS) is 10.4. The highest BCUT2D eigenvalue weighted by atomic mass is 16.5. The van der Waals surface area contributed by atoms with Crippen LogP contribution in [0.25, 0.3) is 0 Å². The molecule has 0 aliphatic heterocycles. The largest absolute Gasteiger partial charge is 0.457 e. The van der Waals surface area contributed by atoms with Gasteiger partial charge >= 0.3 is 0 Å². The molecule has 0 aliphatic carbocycles. The Kier molecular flexibility index (Phi) is 5.35. The Morgan fingerprint density at radius 1 is 0.533 bits per heavy atom. The zero-order chi connectivity index (χ0) is 20.9. The van der Waals surface area contributed by atoms with E-state index in [2.05, 4.69) is 0 Å². The molecule has 0 saturated heterocycles. The second-order valence-electron chi connectivity index (χ2n) is 6.73. The Bertz CT molecular complexity index is 1110. The lowest BCUT2D eigenvalue weighted by atomic mass is 10.0. The van der Waals surface area contributed by atoms with E-state index >= 15 is 0 Å². The van der Waals surface area contributed by atoms with E-state index in [-0.39, 0.29) is 5.78 Å². The maximum Gasteiger partial charge on any atom is 0.193 e. The first-order chi connectivity index (χ1) is 14.6. The summed E-state index contributed by atoms with van der Waals surface area (Å²) in [5.74, 6) is 2.19. The lowest BCUT2D eigenvalue weighted by Gasteiger charge is -2.10. The second-order valence-corrected chi connectivity index (χ2v) is 6.73. The molecule has 0 amide bonds. The fourth-order valence-electron chi connectivity index (χ4n) is 3.00. The minimum Gasteiger partial charge on any atom is -0.457 e. The van der Waals surface area contributed by atoms with Gasteiger partial charge in [0.1, 0.15) is 23.0 Å². The van der Waals surface area contributed by atoms with E-state index in [0.717, 1.165) is 0 Å². The molecule has 0 heterocycles. The van der Waals surface area contributed by atoms with Crippen LogP contribution in [0.2, 0.25) is 0 Å². The SMILES string of the molecule is Nc1cccc(Oc2cccc(C(=O)c3cccc(Oc4cccc(N)c4)c3)c2)c1. The van der Waals surface area contributed by atoms with E-state index in [1.165, 1.54) is 0 Å². The number of hydrogen-bond donors (Lipinski definition) is 2. The number of ether oxygens (including phenoxy) is 2. The Balaban J connectivity index is 1.54. The molecule has 4 aromatic rings. The first-order valence-corrected chi connectivity index (χ1v) is 9.38. The molecule has 0 aliphatic rings. The molecule has 4 aromatic carbocycles. The fraction of sp³-hybridized carbons (Fsp3) is 0. The highest BCUT2D eigenvalue weighted by Gasteiger charge is 2.12. The standard InChI is InChI=1S/C25H20N2O3/c26-19-7-3-11-23(15-19)29-21-9-1-5-17(13-21)25(28)18-6-2-10-22(14-18)30-24-12-4-8-20(27)16-24/h1-16H,26-27H2. The first kappa shape index (κ1) is 19.1. The third-order valence-corrected chi connectivity index (χ3v) is 4.38. The number of ketones is 1. The number of benzene rings is 4. The van der Waals surface area contributed by atoms with Crippen molar-refractivity contribution in [3.05, 3.63) is 108 Å². The van der Waals surface area contributed by atoms with Crippen LogP contribution in [0.4, 0.5) is 11.4 Å². The summed E-state index contributed by atoms with van der Waals surface area (Å²) in [5, 5.41) is 0. The molecule has 0 aromatic heterocycles. The third-order valence-electron chi connectivity index (χ3n) is 4.38. The zero-order valence-corrected chi connectivity index (χ0v) is 16.1. The van der Waals surface area contributed by atoms with Gasteiger partial charge in [-0.1, -0.05) is 36.4 Å². The van der Waals surface area contributed by atoms with Crippen molar-refractivity contribution in [1.82, 2.24) is 0 Å². The van der Waals surface area contributed by atoms with Gasteiger partial charge in [0.05, 0.1) is 0 Å². The van der Waals surface area contributed by atoms with Crippen LogP contribution < -0.4 is 20.9 Å². The van der Waals surface area contributed by atoms with Gasteiger partial charge in [-0.2, -0.15) is 0 Å². The summed E-state index contributed by atoms with van der Waals surface area (Å²) in [4.78, 5) is 13.0. The van der Waals surface area contributed by atoms with Crippen molar-refractivity contribution in [3.63, 3.8) is 0 Å². The predicted molar refractivity (Wildman–Crippen MR) is 118 cm³/mol. The summed E-state index contributed by atoms with van der Waals surface area (Å²) in [6.45, 7) is 0. The average Bonchev–Trinajstić information content (AvgIpc) is 2.74. The Morgan fingerprint density at radius 3 is 1.30 bits per heavy atom. The van der Waals surface area contributed by atoms with Gasteiger partial charge in [0.2, 0.25) is 0 Å². The predicted octanol–water partition coefficient (Wildman–Crippen LogP) is 5.67. The number of carbonyl (C=O) groups excluding carboxylic acids is 1. The Hall–Kier alpha value is -4.25. The van der Waals surface area contributed by atoms with E-state index in [0.29, 0.717) is 45.5 Å². The molecule has 148 valence electrons. The van der Waals surface area contributed by atoms with Crippen LogP contribution in [0, 0.1) is 0 Å². The number of carbonyl (C=O) groups is 1. The fourth-order valence-corrected chi connectivity index (χ4v) is 3.00. The number of hydrogen-bond acceptors (Lipinski definition) is 5. The van der Waals surface area contributed by atoms with Crippen LogP contribution >= 0.6 is 0 Å². The topological polar surface area (TPSA) is 87.6 Å². The van der Waals surface area contributed by atoms with Gasteiger partial charge in [-0.3, -0.25) is 4.79 Å². The van der Waals surface area contributed by atoms with Gasteiger partial charge < -0.3 is 20.9 Å². The van der Waals surface area contributed by atoms with E-state index in [9.17, 15) is 4.79 Å². The zero-order valence-electron chi connectivity index (χ0n) is 16.1. The van der Waals surface area contributed by atoms with Gasteiger partial charge in [-0.25, -0.2) is 0 Å². The molecule has 0 bridgehead atoms. The summed E-state index contributed by atoms with van der Waals surface area (Å²) in [5.41, 5.74) is 13.8. The van der Waals surface area contributed by atoms with Crippen LogP contribution in [-0.2, 0) is 0 Å². The van der Waals surface area contributed by atoms with Crippen molar-refractivity contribution < 1.29 is 14.3 Å². The lowest BCUT2D eigenvalue weighted by Crippen LogP contribution is -2.02. The molecular weight excluding hydrogens is 376 g/mol. The van der Waals surface area contributed by atoms with Crippen molar-refractivity contribution >= 4 is 17.2 Å².